The zero-order valence-electron chi connectivity index (χ0n) is 15.0. The first-order valence-corrected chi connectivity index (χ1v) is 10.0. The number of carbonyl (C=O) groups excluding carboxylic acids is 1. The van der Waals surface area contributed by atoms with Crippen molar-refractivity contribution < 1.29 is 9.53 Å². The van der Waals surface area contributed by atoms with Gasteiger partial charge < -0.3 is 10.1 Å². The molecule has 0 radical (unpaired) electrons. The Morgan fingerprint density at radius 1 is 1.11 bits per heavy atom. The van der Waals surface area contributed by atoms with Gasteiger partial charge in [0.25, 0.3) is 5.91 Å². The number of hydrogen-bond acceptors (Lipinski definition) is 5. The number of halogens is 2. The standard InChI is InChI=1S/C20H17Cl2N3O2S/c1-27-17-5-3-2-4-13(17)10-11-23-19(26)16-12-18(22)24-25-20(16)28-15-8-6-14(21)7-9-15/h2-9,12H,10-11H2,1H3,(H,23,26). The van der Waals surface area contributed by atoms with E-state index in [1.54, 1.807) is 19.2 Å². The van der Waals surface area contributed by atoms with Gasteiger partial charge in [-0.15, -0.1) is 10.2 Å². The summed E-state index contributed by atoms with van der Waals surface area (Å²) in [6, 6.07) is 16.5. The van der Waals surface area contributed by atoms with Crippen LogP contribution in [0.15, 0.2) is 64.5 Å². The van der Waals surface area contributed by atoms with Crippen LogP contribution in [0.1, 0.15) is 15.9 Å². The summed E-state index contributed by atoms with van der Waals surface area (Å²) in [6.07, 6.45) is 0.641. The van der Waals surface area contributed by atoms with E-state index in [0.717, 1.165) is 16.2 Å². The summed E-state index contributed by atoms with van der Waals surface area (Å²) < 4.78 is 5.34. The molecule has 1 N–H and O–H groups in total. The van der Waals surface area contributed by atoms with Gasteiger partial charge in [-0.05, 0) is 48.4 Å². The van der Waals surface area contributed by atoms with Gasteiger partial charge in [0, 0.05) is 16.5 Å². The first kappa shape index (κ1) is 20.5. The molecule has 0 saturated heterocycles. The predicted octanol–water partition coefficient (Wildman–Crippen LogP) is 4.92. The number of para-hydroxylation sites is 1. The average Bonchev–Trinajstić information content (AvgIpc) is 2.71. The normalized spacial score (nSPS) is 10.5. The van der Waals surface area contributed by atoms with E-state index in [-0.39, 0.29) is 11.1 Å². The fourth-order valence-electron chi connectivity index (χ4n) is 2.52. The van der Waals surface area contributed by atoms with Crippen molar-refractivity contribution in [2.24, 2.45) is 0 Å². The van der Waals surface area contributed by atoms with Crippen LogP contribution in [0.2, 0.25) is 10.2 Å². The van der Waals surface area contributed by atoms with Crippen molar-refractivity contribution in [3.05, 3.63) is 75.9 Å². The fraction of sp³-hybridized carbons (Fsp3) is 0.150. The molecule has 28 heavy (non-hydrogen) atoms. The summed E-state index contributed by atoms with van der Waals surface area (Å²) in [5.74, 6) is 0.535. The van der Waals surface area contributed by atoms with E-state index >= 15 is 0 Å². The third-order valence-corrected chi connectivity index (χ3v) is 5.31. The number of methoxy groups -OCH3 is 1. The first-order chi connectivity index (χ1) is 13.6. The molecular formula is C20H17Cl2N3O2S. The van der Waals surface area contributed by atoms with Crippen molar-refractivity contribution in [2.75, 3.05) is 13.7 Å². The highest BCUT2D eigenvalue weighted by molar-refractivity contribution is 7.99. The predicted molar refractivity (Wildman–Crippen MR) is 112 cm³/mol. The molecule has 0 fully saturated rings. The van der Waals surface area contributed by atoms with E-state index in [9.17, 15) is 4.79 Å². The number of hydrogen-bond donors (Lipinski definition) is 1. The maximum Gasteiger partial charge on any atom is 0.254 e. The van der Waals surface area contributed by atoms with E-state index in [2.05, 4.69) is 15.5 Å². The molecule has 0 aliphatic rings. The van der Waals surface area contributed by atoms with Crippen molar-refractivity contribution in [1.29, 1.82) is 0 Å². The molecular weight excluding hydrogens is 417 g/mol. The smallest absolute Gasteiger partial charge is 0.254 e. The number of nitrogens with one attached hydrogen (secondary N) is 1. The minimum atomic E-state index is -0.261. The van der Waals surface area contributed by atoms with Crippen molar-refractivity contribution in [3.63, 3.8) is 0 Å². The van der Waals surface area contributed by atoms with E-state index < -0.39 is 0 Å². The summed E-state index contributed by atoms with van der Waals surface area (Å²) in [5, 5.41) is 12.1. The van der Waals surface area contributed by atoms with Gasteiger partial charge in [0.2, 0.25) is 0 Å². The largest absolute Gasteiger partial charge is 0.496 e. The lowest BCUT2D eigenvalue weighted by Crippen LogP contribution is -2.26. The fourth-order valence-corrected chi connectivity index (χ4v) is 3.64. The third kappa shape index (κ3) is 5.38. The quantitative estimate of drug-likeness (QED) is 0.572. The maximum atomic E-state index is 12.7. The van der Waals surface area contributed by atoms with Gasteiger partial charge in [-0.1, -0.05) is 53.2 Å². The molecule has 1 heterocycles. The highest BCUT2D eigenvalue weighted by Crippen LogP contribution is 2.30. The molecule has 2 aromatic carbocycles. The minimum Gasteiger partial charge on any atom is -0.496 e. The van der Waals surface area contributed by atoms with Gasteiger partial charge in [-0.2, -0.15) is 0 Å². The summed E-state index contributed by atoms with van der Waals surface area (Å²) in [4.78, 5) is 13.6. The van der Waals surface area contributed by atoms with Crippen LogP contribution in [-0.2, 0) is 6.42 Å². The molecule has 144 valence electrons. The Bertz CT molecular complexity index is 968. The van der Waals surface area contributed by atoms with Gasteiger partial charge in [0.1, 0.15) is 10.8 Å². The van der Waals surface area contributed by atoms with Crippen LogP contribution < -0.4 is 10.1 Å². The van der Waals surface area contributed by atoms with E-state index in [4.69, 9.17) is 27.9 Å². The van der Waals surface area contributed by atoms with E-state index in [1.807, 2.05) is 36.4 Å². The average molecular weight is 434 g/mol. The van der Waals surface area contributed by atoms with Crippen molar-refractivity contribution in [1.82, 2.24) is 15.5 Å². The maximum absolute atomic E-state index is 12.7. The molecule has 0 aliphatic heterocycles. The summed E-state index contributed by atoms with van der Waals surface area (Å²) >= 11 is 13.2. The second-order valence-electron chi connectivity index (χ2n) is 5.76. The number of benzene rings is 2. The number of amides is 1. The van der Waals surface area contributed by atoms with E-state index in [0.29, 0.717) is 28.6 Å². The molecule has 0 bridgehead atoms. The molecule has 3 rings (SSSR count). The molecule has 5 nitrogen and oxygen atoms in total. The van der Waals surface area contributed by atoms with Crippen LogP contribution in [0.5, 0.6) is 5.75 Å². The Labute approximate surface area is 177 Å². The highest BCUT2D eigenvalue weighted by atomic mass is 35.5. The van der Waals surface area contributed by atoms with Gasteiger partial charge in [0.15, 0.2) is 5.15 Å². The lowest BCUT2D eigenvalue weighted by atomic mass is 10.1. The number of ether oxygens (including phenoxy) is 1. The topological polar surface area (TPSA) is 64.1 Å². The van der Waals surface area contributed by atoms with E-state index in [1.165, 1.54) is 17.8 Å². The minimum absolute atomic E-state index is 0.162. The van der Waals surface area contributed by atoms with Crippen LogP contribution in [0.4, 0.5) is 0 Å². The monoisotopic (exact) mass is 433 g/mol. The van der Waals surface area contributed by atoms with Gasteiger partial charge in [0.05, 0.1) is 12.7 Å². The Morgan fingerprint density at radius 2 is 1.86 bits per heavy atom. The van der Waals surface area contributed by atoms with Crippen LogP contribution in [0, 0.1) is 0 Å². The molecule has 1 aromatic heterocycles. The van der Waals surface area contributed by atoms with Crippen LogP contribution in [-0.4, -0.2) is 29.8 Å². The zero-order valence-corrected chi connectivity index (χ0v) is 17.3. The molecule has 1 amide bonds. The second-order valence-corrected chi connectivity index (χ2v) is 7.65. The molecule has 3 aromatic rings. The van der Waals surface area contributed by atoms with Crippen molar-refractivity contribution in [3.8, 4) is 5.75 Å². The van der Waals surface area contributed by atoms with Gasteiger partial charge in [-0.25, -0.2) is 0 Å². The SMILES string of the molecule is COc1ccccc1CCNC(=O)c1cc(Cl)nnc1Sc1ccc(Cl)cc1. The molecule has 0 unspecified atom stereocenters. The van der Waals surface area contributed by atoms with Crippen molar-refractivity contribution >= 4 is 40.9 Å². The lowest BCUT2D eigenvalue weighted by Gasteiger charge is -2.11. The Balaban J connectivity index is 1.70. The summed E-state index contributed by atoms with van der Waals surface area (Å²) in [5.41, 5.74) is 1.40. The molecule has 0 saturated carbocycles. The summed E-state index contributed by atoms with van der Waals surface area (Å²) in [6.45, 7) is 0.449. The number of rotatable bonds is 7. The number of nitrogens with zero attached hydrogens (tertiary/aromatic N) is 2. The van der Waals surface area contributed by atoms with Gasteiger partial charge in [-0.3, -0.25) is 4.79 Å². The highest BCUT2D eigenvalue weighted by Gasteiger charge is 2.16. The Morgan fingerprint density at radius 3 is 2.61 bits per heavy atom. The second kappa shape index (κ2) is 9.78. The third-order valence-electron chi connectivity index (χ3n) is 3.88. The number of aromatic nitrogens is 2. The van der Waals surface area contributed by atoms with Crippen LogP contribution in [0.25, 0.3) is 0 Å². The Hall–Kier alpha value is -2.28. The Kier molecular flexibility index (Phi) is 7.14. The molecule has 8 heteroatoms. The van der Waals surface area contributed by atoms with Gasteiger partial charge >= 0.3 is 0 Å². The van der Waals surface area contributed by atoms with Crippen LogP contribution >= 0.6 is 35.0 Å². The number of carbonyl (C=O) groups is 1. The molecule has 0 spiro atoms. The molecule has 0 atom stereocenters. The van der Waals surface area contributed by atoms with Crippen LogP contribution in [0.3, 0.4) is 0 Å². The molecule has 0 aliphatic carbocycles. The van der Waals surface area contributed by atoms with Crippen molar-refractivity contribution in [2.45, 2.75) is 16.3 Å². The lowest BCUT2D eigenvalue weighted by molar-refractivity contribution is 0.0950. The summed E-state index contributed by atoms with van der Waals surface area (Å²) in [7, 11) is 1.63. The first-order valence-electron chi connectivity index (χ1n) is 8.43. The zero-order chi connectivity index (χ0) is 19.9.